The molecule has 0 atom stereocenters. The van der Waals surface area contributed by atoms with Crippen molar-refractivity contribution in [2.75, 3.05) is 19.8 Å². The molecule has 0 radical (unpaired) electrons. The van der Waals surface area contributed by atoms with Crippen molar-refractivity contribution in [3.63, 3.8) is 0 Å². The second-order valence-corrected chi connectivity index (χ2v) is 9.92. The second kappa shape index (κ2) is 9.72. The van der Waals surface area contributed by atoms with Crippen LogP contribution >= 0.6 is 11.3 Å². The molecule has 1 aromatic heterocycles. The van der Waals surface area contributed by atoms with E-state index in [9.17, 15) is 0 Å². The maximum Gasteiger partial charge on any atom is 0.174 e. The van der Waals surface area contributed by atoms with Gasteiger partial charge in [-0.1, -0.05) is 54.5 Å². The lowest BCUT2D eigenvalue weighted by atomic mass is 9.94. The predicted molar refractivity (Wildman–Crippen MR) is 125 cm³/mol. The molecule has 1 aliphatic carbocycles. The van der Waals surface area contributed by atoms with Gasteiger partial charge >= 0.3 is 0 Å². The zero-order chi connectivity index (χ0) is 21.9. The SMILES string of the molecule is Fc1c(-c2ccc(C3CCCC3)cc2)ccc(-c2ccc(OCC3CCOCC3)s2)c1F. The third-order valence-corrected chi connectivity index (χ3v) is 7.81. The Kier molecular flexibility index (Phi) is 6.56. The van der Waals surface area contributed by atoms with Gasteiger partial charge < -0.3 is 9.47 Å². The monoisotopic (exact) mass is 454 g/mol. The van der Waals surface area contributed by atoms with Crippen LogP contribution in [0, 0.1) is 17.6 Å². The Morgan fingerprint density at radius 2 is 1.50 bits per heavy atom. The van der Waals surface area contributed by atoms with Crippen LogP contribution in [-0.2, 0) is 4.74 Å². The van der Waals surface area contributed by atoms with Crippen LogP contribution in [-0.4, -0.2) is 19.8 Å². The molecule has 5 rings (SSSR count). The molecule has 2 nitrogen and oxygen atoms in total. The summed E-state index contributed by atoms with van der Waals surface area (Å²) in [6.07, 6.45) is 7.00. The fraction of sp³-hybridized carbons (Fsp3) is 0.407. The Morgan fingerprint density at radius 1 is 0.812 bits per heavy atom. The standard InChI is InChI=1S/C27H28F2O2S/c28-26-22(21-7-5-20(6-8-21)19-3-1-2-4-19)9-10-23(27(26)29)24-11-12-25(32-24)31-17-18-13-15-30-16-14-18/h5-12,18-19H,1-4,13-17H2. The molecule has 0 bridgehead atoms. The Hall–Kier alpha value is -2.24. The highest BCUT2D eigenvalue weighted by Crippen LogP contribution is 2.39. The van der Waals surface area contributed by atoms with Gasteiger partial charge in [-0.25, -0.2) is 8.78 Å². The van der Waals surface area contributed by atoms with Crippen molar-refractivity contribution in [3.8, 4) is 26.6 Å². The number of hydrogen-bond donors (Lipinski definition) is 0. The summed E-state index contributed by atoms with van der Waals surface area (Å²) in [5.41, 5.74) is 2.59. The minimum atomic E-state index is -0.805. The summed E-state index contributed by atoms with van der Waals surface area (Å²) in [5, 5.41) is 0.734. The van der Waals surface area contributed by atoms with E-state index >= 15 is 8.78 Å². The van der Waals surface area contributed by atoms with Crippen LogP contribution in [0.2, 0.25) is 0 Å². The molecule has 3 aromatic rings. The Bertz CT molecular complexity index is 1050. The van der Waals surface area contributed by atoms with E-state index in [1.54, 1.807) is 18.2 Å². The smallest absolute Gasteiger partial charge is 0.174 e. The van der Waals surface area contributed by atoms with Crippen molar-refractivity contribution < 1.29 is 18.3 Å². The predicted octanol–water partition coefficient (Wildman–Crippen LogP) is 7.82. The van der Waals surface area contributed by atoms with Crippen LogP contribution < -0.4 is 4.74 Å². The molecule has 168 valence electrons. The fourth-order valence-corrected chi connectivity index (χ4v) is 5.70. The fourth-order valence-electron chi connectivity index (χ4n) is 4.81. The van der Waals surface area contributed by atoms with E-state index in [1.165, 1.54) is 42.6 Å². The lowest BCUT2D eigenvalue weighted by molar-refractivity contribution is 0.0503. The molecule has 2 aliphatic rings. The van der Waals surface area contributed by atoms with E-state index in [2.05, 4.69) is 12.1 Å². The van der Waals surface area contributed by atoms with Crippen LogP contribution in [0.3, 0.4) is 0 Å². The Labute approximate surface area is 192 Å². The lowest BCUT2D eigenvalue weighted by Crippen LogP contribution is -2.21. The molecule has 0 N–H and O–H groups in total. The van der Waals surface area contributed by atoms with Gasteiger partial charge in [0.05, 0.1) is 6.61 Å². The number of thiophene rings is 1. The maximum absolute atomic E-state index is 15.0. The normalized spacial score (nSPS) is 17.7. The zero-order valence-corrected chi connectivity index (χ0v) is 18.9. The average molecular weight is 455 g/mol. The first-order valence-electron chi connectivity index (χ1n) is 11.6. The molecule has 1 saturated carbocycles. The van der Waals surface area contributed by atoms with Crippen molar-refractivity contribution in [1.82, 2.24) is 0 Å². The molecule has 0 unspecified atom stereocenters. The Balaban J connectivity index is 1.31. The van der Waals surface area contributed by atoms with Gasteiger partial charge in [-0.15, -0.1) is 0 Å². The third kappa shape index (κ3) is 4.60. The minimum Gasteiger partial charge on any atom is -0.484 e. The van der Waals surface area contributed by atoms with Crippen molar-refractivity contribution >= 4 is 11.3 Å². The van der Waals surface area contributed by atoms with Gasteiger partial charge in [0.25, 0.3) is 0 Å². The van der Waals surface area contributed by atoms with Gasteiger partial charge in [0, 0.05) is 29.2 Å². The van der Waals surface area contributed by atoms with E-state index in [4.69, 9.17) is 9.47 Å². The second-order valence-electron chi connectivity index (χ2n) is 8.88. The van der Waals surface area contributed by atoms with Gasteiger partial charge in [-0.05, 0) is 66.8 Å². The number of ether oxygens (including phenoxy) is 2. The quantitative estimate of drug-likeness (QED) is 0.378. The highest BCUT2D eigenvalue weighted by atomic mass is 32.1. The molecule has 2 heterocycles. The van der Waals surface area contributed by atoms with Gasteiger partial charge in [-0.3, -0.25) is 0 Å². The molecule has 0 amide bonds. The largest absolute Gasteiger partial charge is 0.484 e. The van der Waals surface area contributed by atoms with Crippen LogP contribution in [0.1, 0.15) is 50.0 Å². The molecule has 0 spiro atoms. The van der Waals surface area contributed by atoms with Gasteiger partial charge in [-0.2, -0.15) is 0 Å². The molecule has 1 aliphatic heterocycles. The van der Waals surface area contributed by atoms with Crippen LogP contribution in [0.15, 0.2) is 48.5 Å². The Morgan fingerprint density at radius 3 is 2.25 bits per heavy atom. The molecule has 2 aromatic carbocycles. The van der Waals surface area contributed by atoms with E-state index in [0.717, 1.165) is 31.1 Å². The van der Waals surface area contributed by atoms with E-state index in [1.807, 2.05) is 18.2 Å². The molecule has 1 saturated heterocycles. The average Bonchev–Trinajstić information content (AvgIpc) is 3.53. The molecular formula is C27H28F2O2S. The van der Waals surface area contributed by atoms with Crippen LogP contribution in [0.25, 0.3) is 21.6 Å². The van der Waals surface area contributed by atoms with Crippen molar-refractivity contribution in [2.24, 2.45) is 5.92 Å². The lowest BCUT2D eigenvalue weighted by Gasteiger charge is -2.21. The van der Waals surface area contributed by atoms with Gasteiger partial charge in [0.15, 0.2) is 16.7 Å². The third-order valence-electron chi connectivity index (χ3n) is 6.78. The molecule has 5 heteroatoms. The van der Waals surface area contributed by atoms with Gasteiger partial charge in [0.1, 0.15) is 0 Å². The van der Waals surface area contributed by atoms with Crippen molar-refractivity contribution in [1.29, 1.82) is 0 Å². The number of rotatable bonds is 6. The van der Waals surface area contributed by atoms with E-state index in [0.29, 0.717) is 34.4 Å². The summed E-state index contributed by atoms with van der Waals surface area (Å²) in [6.45, 7) is 2.20. The first-order valence-corrected chi connectivity index (χ1v) is 12.4. The summed E-state index contributed by atoms with van der Waals surface area (Å²) in [4.78, 5) is 0.673. The first-order chi connectivity index (χ1) is 15.7. The van der Waals surface area contributed by atoms with Crippen molar-refractivity contribution in [3.05, 3.63) is 65.7 Å². The summed E-state index contributed by atoms with van der Waals surface area (Å²) in [6, 6.07) is 15.0. The molecule has 2 fully saturated rings. The topological polar surface area (TPSA) is 18.5 Å². The highest BCUT2D eigenvalue weighted by Gasteiger charge is 2.20. The van der Waals surface area contributed by atoms with Crippen LogP contribution in [0.5, 0.6) is 5.06 Å². The summed E-state index contributed by atoms with van der Waals surface area (Å²) < 4.78 is 41.3. The summed E-state index contributed by atoms with van der Waals surface area (Å²) in [7, 11) is 0. The van der Waals surface area contributed by atoms with Gasteiger partial charge in [0.2, 0.25) is 0 Å². The number of halogens is 2. The zero-order valence-electron chi connectivity index (χ0n) is 18.1. The van der Waals surface area contributed by atoms with E-state index < -0.39 is 11.6 Å². The molecule has 32 heavy (non-hydrogen) atoms. The number of hydrogen-bond acceptors (Lipinski definition) is 3. The summed E-state index contributed by atoms with van der Waals surface area (Å²) >= 11 is 1.35. The first kappa shape index (κ1) is 21.6. The molecular weight excluding hydrogens is 426 g/mol. The van der Waals surface area contributed by atoms with E-state index in [-0.39, 0.29) is 5.56 Å². The highest BCUT2D eigenvalue weighted by molar-refractivity contribution is 7.17. The minimum absolute atomic E-state index is 0.278. The number of benzene rings is 2. The van der Waals surface area contributed by atoms with Crippen LogP contribution in [0.4, 0.5) is 8.78 Å². The maximum atomic E-state index is 15.0. The summed E-state index contributed by atoms with van der Waals surface area (Å²) in [5.74, 6) is -0.507. The van der Waals surface area contributed by atoms with Crippen molar-refractivity contribution in [2.45, 2.75) is 44.4 Å².